The monoisotopic (exact) mass is 388 g/mol. The molecule has 3 heterocycles. The lowest BCUT2D eigenvalue weighted by atomic mass is 10.1. The van der Waals surface area contributed by atoms with Crippen LogP contribution in [0.2, 0.25) is 0 Å². The van der Waals surface area contributed by atoms with Gasteiger partial charge in [0.1, 0.15) is 16.8 Å². The minimum absolute atomic E-state index is 0.184. The number of hydrogen-bond donors (Lipinski definition) is 1. The summed E-state index contributed by atoms with van der Waals surface area (Å²) >= 11 is 0. The number of benzene rings is 1. The third-order valence-electron chi connectivity index (χ3n) is 4.07. The van der Waals surface area contributed by atoms with Crippen molar-refractivity contribution in [3.05, 3.63) is 54.9 Å². The molecule has 8 nitrogen and oxygen atoms in total. The van der Waals surface area contributed by atoms with Gasteiger partial charge in [0.15, 0.2) is 0 Å². The van der Waals surface area contributed by atoms with Gasteiger partial charge in [0.2, 0.25) is 5.95 Å². The van der Waals surface area contributed by atoms with Gasteiger partial charge >= 0.3 is 6.09 Å². The van der Waals surface area contributed by atoms with Crippen LogP contribution in [-0.4, -0.2) is 36.4 Å². The van der Waals surface area contributed by atoms with Gasteiger partial charge in [-0.2, -0.15) is 9.78 Å². The van der Waals surface area contributed by atoms with E-state index in [2.05, 4.69) is 15.1 Å². The molecule has 0 aliphatic rings. The van der Waals surface area contributed by atoms with Crippen molar-refractivity contribution in [2.75, 3.05) is 5.73 Å². The molecular formula is C21H20N6O2. The van der Waals surface area contributed by atoms with Crippen LogP contribution in [0.5, 0.6) is 0 Å². The van der Waals surface area contributed by atoms with Crippen molar-refractivity contribution < 1.29 is 9.53 Å². The minimum Gasteiger partial charge on any atom is -0.442 e. The molecule has 0 bridgehead atoms. The zero-order valence-corrected chi connectivity index (χ0v) is 16.3. The van der Waals surface area contributed by atoms with E-state index in [1.165, 1.54) is 0 Å². The second-order valence-corrected chi connectivity index (χ2v) is 7.51. The van der Waals surface area contributed by atoms with Gasteiger partial charge < -0.3 is 10.5 Å². The van der Waals surface area contributed by atoms with Crippen molar-refractivity contribution in [1.29, 1.82) is 0 Å². The SMILES string of the molecule is CC(C)(C)OC(=O)n1cc(-c2ccc3nc(N)nc(-c4ccccc4)c3n2)cn1. The van der Waals surface area contributed by atoms with Crippen LogP contribution in [0.15, 0.2) is 54.9 Å². The molecule has 1 aromatic carbocycles. The van der Waals surface area contributed by atoms with Crippen LogP contribution in [0.3, 0.4) is 0 Å². The number of anilines is 1. The fraction of sp³-hybridized carbons (Fsp3) is 0.190. The van der Waals surface area contributed by atoms with Crippen LogP contribution in [0.25, 0.3) is 33.5 Å². The molecule has 0 saturated heterocycles. The minimum atomic E-state index is -0.605. The van der Waals surface area contributed by atoms with E-state index >= 15 is 0 Å². The average molecular weight is 388 g/mol. The van der Waals surface area contributed by atoms with Crippen molar-refractivity contribution in [2.45, 2.75) is 26.4 Å². The molecule has 8 heteroatoms. The van der Waals surface area contributed by atoms with E-state index in [1.807, 2.05) is 36.4 Å². The highest BCUT2D eigenvalue weighted by atomic mass is 16.6. The van der Waals surface area contributed by atoms with E-state index in [9.17, 15) is 4.79 Å². The lowest BCUT2D eigenvalue weighted by Crippen LogP contribution is -2.27. The first-order valence-corrected chi connectivity index (χ1v) is 9.08. The Kier molecular flexibility index (Phi) is 4.46. The van der Waals surface area contributed by atoms with Gasteiger partial charge in [0.05, 0.1) is 17.4 Å². The Morgan fingerprint density at radius 2 is 1.76 bits per heavy atom. The van der Waals surface area contributed by atoms with Gasteiger partial charge in [-0.05, 0) is 32.9 Å². The molecular weight excluding hydrogens is 368 g/mol. The second kappa shape index (κ2) is 6.97. The maximum absolute atomic E-state index is 12.2. The number of ether oxygens (including phenoxy) is 1. The van der Waals surface area contributed by atoms with Crippen molar-refractivity contribution >= 4 is 23.1 Å². The van der Waals surface area contributed by atoms with Gasteiger partial charge in [-0.3, -0.25) is 0 Å². The normalized spacial score (nSPS) is 11.6. The van der Waals surface area contributed by atoms with Crippen LogP contribution in [0.4, 0.5) is 10.7 Å². The largest absolute Gasteiger partial charge is 0.442 e. The van der Waals surface area contributed by atoms with Gasteiger partial charge in [-0.15, -0.1) is 0 Å². The number of pyridine rings is 1. The van der Waals surface area contributed by atoms with E-state index in [0.717, 1.165) is 10.2 Å². The lowest BCUT2D eigenvalue weighted by Gasteiger charge is -2.18. The van der Waals surface area contributed by atoms with Gasteiger partial charge in [0.25, 0.3) is 0 Å². The number of nitrogen functional groups attached to an aromatic ring is 1. The van der Waals surface area contributed by atoms with Crippen LogP contribution in [0.1, 0.15) is 20.8 Å². The van der Waals surface area contributed by atoms with Crippen molar-refractivity contribution in [3.8, 4) is 22.5 Å². The number of carbonyl (C=O) groups excluding carboxylic acids is 1. The number of aromatic nitrogens is 5. The van der Waals surface area contributed by atoms with Gasteiger partial charge in [-0.25, -0.2) is 19.7 Å². The Bertz CT molecular complexity index is 1190. The molecule has 4 aromatic rings. The number of rotatable bonds is 2. The molecule has 3 aromatic heterocycles. The quantitative estimate of drug-likeness (QED) is 0.554. The van der Waals surface area contributed by atoms with E-state index in [4.69, 9.17) is 15.5 Å². The van der Waals surface area contributed by atoms with Crippen molar-refractivity contribution in [1.82, 2.24) is 24.7 Å². The van der Waals surface area contributed by atoms with Crippen LogP contribution >= 0.6 is 0 Å². The maximum atomic E-state index is 12.2. The molecule has 2 N–H and O–H groups in total. The summed E-state index contributed by atoms with van der Waals surface area (Å²) in [6, 6.07) is 13.3. The zero-order chi connectivity index (χ0) is 20.6. The number of nitrogens with two attached hydrogens (primary N) is 1. The summed E-state index contributed by atoms with van der Waals surface area (Å²) in [5.74, 6) is 0.184. The molecule has 146 valence electrons. The Hall–Kier alpha value is -3.81. The molecule has 4 rings (SSSR count). The zero-order valence-electron chi connectivity index (χ0n) is 16.3. The van der Waals surface area contributed by atoms with Crippen LogP contribution in [0, 0.1) is 0 Å². The van der Waals surface area contributed by atoms with E-state index in [-0.39, 0.29) is 5.95 Å². The number of hydrogen-bond acceptors (Lipinski definition) is 7. The summed E-state index contributed by atoms with van der Waals surface area (Å²) in [6.45, 7) is 5.41. The van der Waals surface area contributed by atoms with Crippen LogP contribution in [-0.2, 0) is 4.74 Å². The lowest BCUT2D eigenvalue weighted by molar-refractivity contribution is 0.0514. The fourth-order valence-electron chi connectivity index (χ4n) is 2.85. The van der Waals surface area contributed by atoms with E-state index < -0.39 is 11.7 Å². The standard InChI is InChI=1S/C21H20N6O2/c1-21(2,3)29-20(28)27-12-14(11-23-27)15-9-10-16-18(24-15)17(26-19(22)25-16)13-7-5-4-6-8-13/h4-12H,1-3H3,(H2,22,25,26). The Morgan fingerprint density at radius 3 is 2.48 bits per heavy atom. The summed E-state index contributed by atoms with van der Waals surface area (Å²) < 4.78 is 6.50. The first-order chi connectivity index (χ1) is 13.8. The summed E-state index contributed by atoms with van der Waals surface area (Å²) in [5.41, 5.74) is 9.38. The second-order valence-electron chi connectivity index (χ2n) is 7.51. The summed E-state index contributed by atoms with van der Waals surface area (Å²) in [7, 11) is 0. The Morgan fingerprint density at radius 1 is 1.00 bits per heavy atom. The van der Waals surface area contributed by atoms with Gasteiger partial charge in [-0.1, -0.05) is 30.3 Å². The highest BCUT2D eigenvalue weighted by Gasteiger charge is 2.19. The molecule has 29 heavy (non-hydrogen) atoms. The highest BCUT2D eigenvalue weighted by Crippen LogP contribution is 2.28. The predicted molar refractivity (Wildman–Crippen MR) is 110 cm³/mol. The van der Waals surface area contributed by atoms with Crippen molar-refractivity contribution in [3.63, 3.8) is 0 Å². The first kappa shape index (κ1) is 18.5. The van der Waals surface area contributed by atoms with Crippen molar-refractivity contribution in [2.24, 2.45) is 0 Å². The van der Waals surface area contributed by atoms with Crippen LogP contribution < -0.4 is 5.73 Å². The molecule has 0 aliphatic heterocycles. The van der Waals surface area contributed by atoms with E-state index in [1.54, 1.807) is 39.2 Å². The maximum Gasteiger partial charge on any atom is 0.435 e. The third-order valence-corrected chi connectivity index (χ3v) is 4.07. The van der Waals surface area contributed by atoms with E-state index in [0.29, 0.717) is 28.0 Å². The Balaban J connectivity index is 1.77. The third kappa shape index (κ3) is 3.91. The molecule has 0 unspecified atom stereocenters. The summed E-state index contributed by atoms with van der Waals surface area (Å²) in [5, 5.41) is 4.10. The van der Waals surface area contributed by atoms with Gasteiger partial charge in [0, 0.05) is 17.3 Å². The topological polar surface area (TPSA) is 109 Å². The summed E-state index contributed by atoms with van der Waals surface area (Å²) in [6.07, 6.45) is 2.60. The molecule has 0 atom stereocenters. The highest BCUT2D eigenvalue weighted by molar-refractivity contribution is 5.91. The molecule has 0 radical (unpaired) electrons. The number of fused-ring (bicyclic) bond motifs is 1. The average Bonchev–Trinajstić information content (AvgIpc) is 3.17. The molecule has 0 spiro atoms. The predicted octanol–water partition coefficient (Wildman–Crippen LogP) is 3.92. The smallest absolute Gasteiger partial charge is 0.435 e. The Labute approximate surface area is 167 Å². The first-order valence-electron chi connectivity index (χ1n) is 9.08. The molecule has 0 fully saturated rings. The molecule has 0 saturated carbocycles. The summed E-state index contributed by atoms with van der Waals surface area (Å²) in [4.78, 5) is 25.6. The molecule has 0 aliphatic carbocycles. The fourth-order valence-corrected chi connectivity index (χ4v) is 2.85. The molecule has 0 amide bonds. The number of nitrogens with zero attached hydrogens (tertiary/aromatic N) is 5. The number of carbonyl (C=O) groups is 1.